The van der Waals surface area contributed by atoms with Crippen molar-refractivity contribution in [3.8, 4) is 11.5 Å². The Morgan fingerprint density at radius 1 is 1.07 bits per heavy atom. The van der Waals surface area contributed by atoms with Crippen molar-refractivity contribution in [2.24, 2.45) is 4.99 Å². The van der Waals surface area contributed by atoms with E-state index in [2.05, 4.69) is 20.9 Å². The Hall–Kier alpha value is -3.73. The van der Waals surface area contributed by atoms with Gasteiger partial charge < -0.3 is 14.2 Å². The molecule has 0 N–H and O–H groups in total. The minimum absolute atomic E-state index is 0.188. The molecule has 0 unspecified atom stereocenters. The summed E-state index contributed by atoms with van der Waals surface area (Å²) >= 11 is 11.0. The van der Waals surface area contributed by atoms with E-state index >= 15 is 0 Å². The number of fused-ring (bicyclic) bond motifs is 1. The van der Waals surface area contributed by atoms with Gasteiger partial charge in [0.1, 0.15) is 12.4 Å². The topological polar surface area (TPSA) is 79.1 Å². The molecule has 3 aromatic carbocycles. The van der Waals surface area contributed by atoms with E-state index in [4.69, 9.17) is 25.8 Å². The molecule has 4 aromatic rings. The fourth-order valence-electron chi connectivity index (χ4n) is 4.68. The first-order valence-corrected chi connectivity index (χ1v) is 15.5. The van der Waals surface area contributed by atoms with E-state index in [0.717, 1.165) is 5.56 Å². The molecule has 0 bridgehead atoms. The van der Waals surface area contributed by atoms with Gasteiger partial charge in [-0.25, -0.2) is 14.2 Å². The number of carbonyl (C=O) groups is 1. The Morgan fingerprint density at radius 2 is 1.77 bits per heavy atom. The highest BCUT2D eigenvalue weighted by Gasteiger charge is 2.33. The third-order valence-corrected chi connectivity index (χ3v) is 8.58. The lowest BCUT2D eigenvalue weighted by Gasteiger charge is -2.24. The molecule has 0 spiro atoms. The van der Waals surface area contributed by atoms with Crippen LogP contribution in [0.2, 0.25) is 5.02 Å². The summed E-state index contributed by atoms with van der Waals surface area (Å²) in [5.74, 6) is 0.140. The summed E-state index contributed by atoms with van der Waals surface area (Å²) in [6.45, 7) is 6.14. The minimum atomic E-state index is -0.737. The Labute approximate surface area is 264 Å². The van der Waals surface area contributed by atoms with Crippen molar-refractivity contribution >= 4 is 50.9 Å². The van der Waals surface area contributed by atoms with E-state index in [-0.39, 0.29) is 24.6 Å². The molecule has 7 nitrogen and oxygen atoms in total. The zero-order chi connectivity index (χ0) is 30.7. The first-order valence-electron chi connectivity index (χ1n) is 13.5. The molecule has 0 radical (unpaired) electrons. The third kappa shape index (κ3) is 6.61. The molecule has 0 amide bonds. The predicted molar refractivity (Wildman–Crippen MR) is 168 cm³/mol. The zero-order valence-corrected chi connectivity index (χ0v) is 26.7. The first kappa shape index (κ1) is 30.7. The van der Waals surface area contributed by atoms with Crippen LogP contribution in [-0.2, 0) is 16.1 Å². The van der Waals surface area contributed by atoms with Crippen molar-refractivity contribution < 1.29 is 23.4 Å². The van der Waals surface area contributed by atoms with Crippen molar-refractivity contribution in [3.05, 3.63) is 124 Å². The maximum absolute atomic E-state index is 14.0. The van der Waals surface area contributed by atoms with Gasteiger partial charge in [-0.05, 0) is 79.9 Å². The Kier molecular flexibility index (Phi) is 9.49. The maximum Gasteiger partial charge on any atom is 0.338 e. The molecule has 0 fully saturated rings. The number of esters is 1. The van der Waals surface area contributed by atoms with E-state index in [0.29, 0.717) is 59.3 Å². The molecule has 0 aliphatic carbocycles. The summed E-state index contributed by atoms with van der Waals surface area (Å²) in [5.41, 5.74) is 2.67. The maximum atomic E-state index is 14.0. The van der Waals surface area contributed by atoms with Crippen LogP contribution in [0.5, 0.6) is 11.5 Å². The average Bonchev–Trinajstić information content (AvgIpc) is 3.28. The second-order valence-electron chi connectivity index (χ2n) is 9.52. The first-order chi connectivity index (χ1) is 20.7. The second kappa shape index (κ2) is 13.3. The van der Waals surface area contributed by atoms with Gasteiger partial charge in [-0.2, -0.15) is 0 Å². The number of rotatable bonds is 9. The van der Waals surface area contributed by atoms with Gasteiger partial charge in [0, 0.05) is 9.50 Å². The fourth-order valence-corrected chi connectivity index (χ4v) is 6.28. The number of halogens is 3. The van der Waals surface area contributed by atoms with Crippen LogP contribution in [0.15, 0.2) is 86.2 Å². The van der Waals surface area contributed by atoms with Crippen LogP contribution in [0.4, 0.5) is 4.39 Å². The van der Waals surface area contributed by atoms with Crippen molar-refractivity contribution in [3.63, 3.8) is 0 Å². The number of aromatic nitrogens is 1. The molecule has 11 heteroatoms. The molecule has 43 heavy (non-hydrogen) atoms. The van der Waals surface area contributed by atoms with Gasteiger partial charge in [-0.3, -0.25) is 9.36 Å². The van der Waals surface area contributed by atoms with Gasteiger partial charge in [-0.1, -0.05) is 63.1 Å². The average molecular weight is 686 g/mol. The van der Waals surface area contributed by atoms with Crippen LogP contribution in [0.1, 0.15) is 43.5 Å². The van der Waals surface area contributed by atoms with Crippen LogP contribution in [0.25, 0.3) is 6.08 Å². The van der Waals surface area contributed by atoms with Crippen molar-refractivity contribution in [2.75, 3.05) is 13.2 Å². The molecule has 2 heterocycles. The molecule has 5 rings (SSSR count). The zero-order valence-electron chi connectivity index (χ0n) is 23.5. The molecular weight excluding hydrogens is 659 g/mol. The van der Waals surface area contributed by atoms with E-state index in [1.807, 2.05) is 6.92 Å². The highest BCUT2D eigenvalue weighted by molar-refractivity contribution is 9.10. The number of benzene rings is 3. The third-order valence-electron chi connectivity index (χ3n) is 6.66. The summed E-state index contributed by atoms with van der Waals surface area (Å²) < 4.78 is 33.1. The lowest BCUT2D eigenvalue weighted by atomic mass is 9.96. The molecule has 222 valence electrons. The van der Waals surface area contributed by atoms with Crippen LogP contribution < -0.4 is 24.4 Å². The number of ether oxygens (including phenoxy) is 3. The lowest BCUT2D eigenvalue weighted by Crippen LogP contribution is -2.39. The van der Waals surface area contributed by atoms with E-state index < -0.39 is 12.0 Å². The monoisotopic (exact) mass is 684 g/mol. The molecule has 1 aliphatic heterocycles. The van der Waals surface area contributed by atoms with Gasteiger partial charge in [-0.15, -0.1) is 0 Å². The highest BCUT2D eigenvalue weighted by atomic mass is 79.9. The lowest BCUT2D eigenvalue weighted by molar-refractivity contribution is -0.139. The normalized spacial score (nSPS) is 14.7. The van der Waals surface area contributed by atoms with Crippen LogP contribution in [-0.4, -0.2) is 23.8 Å². The molecule has 0 saturated carbocycles. The molecule has 1 aromatic heterocycles. The fraction of sp³-hybridized carbons (Fsp3) is 0.219. The molecule has 1 aliphatic rings. The van der Waals surface area contributed by atoms with E-state index in [1.165, 1.54) is 28.0 Å². The minimum Gasteiger partial charge on any atom is -0.490 e. The number of allylic oxidation sites excluding steroid dienone is 1. The molecule has 0 saturated heterocycles. The van der Waals surface area contributed by atoms with Gasteiger partial charge >= 0.3 is 5.97 Å². The van der Waals surface area contributed by atoms with E-state index in [9.17, 15) is 14.0 Å². The quantitative estimate of drug-likeness (QED) is 0.193. The number of thiazole rings is 1. The largest absolute Gasteiger partial charge is 0.490 e. The Morgan fingerprint density at radius 3 is 2.44 bits per heavy atom. The van der Waals surface area contributed by atoms with Gasteiger partial charge in [0.05, 0.1) is 35.1 Å². The predicted octanol–water partition coefficient (Wildman–Crippen LogP) is 6.33. The van der Waals surface area contributed by atoms with Gasteiger partial charge in [0.2, 0.25) is 0 Å². The molecular formula is C32H27BrClFN2O5S. The Bertz CT molecular complexity index is 1880. The number of hydrogen-bond acceptors (Lipinski definition) is 7. The summed E-state index contributed by atoms with van der Waals surface area (Å²) in [7, 11) is 0. The van der Waals surface area contributed by atoms with Crippen molar-refractivity contribution in [1.82, 2.24) is 4.57 Å². The summed E-state index contributed by atoms with van der Waals surface area (Å²) in [6.07, 6.45) is 1.75. The summed E-state index contributed by atoms with van der Waals surface area (Å²) in [6, 6.07) is 15.9. The van der Waals surface area contributed by atoms with Crippen molar-refractivity contribution in [1.29, 1.82) is 0 Å². The smallest absolute Gasteiger partial charge is 0.338 e. The number of hydrogen-bond donors (Lipinski definition) is 0. The molecule has 1 atom stereocenters. The summed E-state index contributed by atoms with van der Waals surface area (Å²) in [4.78, 5) is 32.1. The Balaban J connectivity index is 1.58. The second-order valence-corrected chi connectivity index (χ2v) is 11.8. The van der Waals surface area contributed by atoms with Crippen LogP contribution in [0, 0.1) is 5.82 Å². The highest BCUT2D eigenvalue weighted by Crippen LogP contribution is 2.35. The van der Waals surface area contributed by atoms with Gasteiger partial charge in [0.25, 0.3) is 5.56 Å². The van der Waals surface area contributed by atoms with Crippen LogP contribution >= 0.6 is 38.9 Å². The van der Waals surface area contributed by atoms with Gasteiger partial charge in [0.15, 0.2) is 16.3 Å². The number of carbonyl (C=O) groups excluding carboxylic acids is 1. The van der Waals surface area contributed by atoms with E-state index in [1.54, 1.807) is 68.5 Å². The van der Waals surface area contributed by atoms with Crippen molar-refractivity contribution in [2.45, 2.75) is 33.4 Å². The SMILES string of the molecule is CCOC(=O)C1=C(C)N=c2s/c(=C\c3cc(OCC)c(OCc4ccc(F)cc4)cc3Br)c(=O)n2[C@@H]1c1ccc(Cl)cc1. The number of nitrogens with zero attached hydrogens (tertiary/aromatic N) is 2. The summed E-state index contributed by atoms with van der Waals surface area (Å²) in [5, 5.41) is 0.537. The standard InChI is InChI=1S/C32H27BrClFN2O5S/c1-4-40-25-14-21(24(33)16-26(25)42-17-19-6-12-23(35)13-7-19)15-27-30(38)37-29(20-8-10-22(34)11-9-20)28(31(39)41-5-2)18(3)36-32(37)43-27/h6-16,29H,4-5,17H2,1-3H3/b27-15-/t29-/m1/s1. The van der Waals surface area contributed by atoms with Crippen LogP contribution in [0.3, 0.4) is 0 Å².